The molecule has 0 aliphatic carbocycles. The zero-order valence-electron chi connectivity index (χ0n) is 31.8. The Morgan fingerprint density at radius 1 is 0.273 bits per heavy atom. The van der Waals surface area contributed by atoms with E-state index in [0.29, 0.717) is 0 Å². The first kappa shape index (κ1) is 43.4. The maximum atomic E-state index is 2.46. The maximum Gasteiger partial charge on any atom is 0.128 e. The molecule has 0 aromatic rings. The zero-order chi connectivity index (χ0) is 32.5. The van der Waals surface area contributed by atoms with E-state index in [9.17, 15) is 0 Å². The van der Waals surface area contributed by atoms with Crippen molar-refractivity contribution in [3.05, 3.63) is 24.3 Å². The van der Waals surface area contributed by atoms with Crippen LogP contribution in [-0.4, -0.2) is 63.3 Å². The van der Waals surface area contributed by atoms with Crippen LogP contribution in [0.1, 0.15) is 194 Å². The number of nitrogens with zero attached hydrogens (tertiary/aromatic N) is 2. The Bertz CT molecular complexity index is 563. The summed E-state index contributed by atoms with van der Waals surface area (Å²) in [5.74, 6) is 0. The van der Waals surface area contributed by atoms with Gasteiger partial charge < -0.3 is 8.97 Å². The Morgan fingerprint density at radius 2 is 0.500 bits per heavy atom. The Morgan fingerprint density at radius 3 is 0.773 bits per heavy atom. The van der Waals surface area contributed by atoms with Gasteiger partial charge in [-0.1, -0.05) is 141 Å². The molecule has 262 valence electrons. The average Bonchev–Trinajstić information content (AvgIpc) is 3.00. The van der Waals surface area contributed by atoms with Gasteiger partial charge in [-0.3, -0.25) is 0 Å². The first-order valence-corrected chi connectivity index (χ1v) is 20.3. The van der Waals surface area contributed by atoms with E-state index in [1.54, 1.807) is 0 Å². The molecule has 0 aliphatic heterocycles. The van der Waals surface area contributed by atoms with Gasteiger partial charge in [0.25, 0.3) is 0 Å². The van der Waals surface area contributed by atoms with Crippen LogP contribution in [0.15, 0.2) is 24.3 Å². The van der Waals surface area contributed by atoms with Crippen LogP contribution in [-0.2, 0) is 0 Å². The summed E-state index contributed by atoms with van der Waals surface area (Å²) in [6.45, 7) is 9.90. The minimum Gasteiger partial charge on any atom is -0.324 e. The third kappa shape index (κ3) is 34.3. The van der Waals surface area contributed by atoms with Crippen LogP contribution >= 0.6 is 0 Å². The molecule has 0 N–H and O–H groups in total. The number of unbranched alkanes of at least 4 members (excludes halogenated alkanes) is 24. The Balaban J connectivity index is 3.58. The zero-order valence-corrected chi connectivity index (χ0v) is 31.8. The maximum absolute atomic E-state index is 2.46. The molecule has 0 aliphatic rings. The van der Waals surface area contributed by atoms with E-state index in [2.05, 4.69) is 66.3 Å². The molecule has 0 aromatic heterocycles. The minimum absolute atomic E-state index is 1.19. The highest BCUT2D eigenvalue weighted by molar-refractivity contribution is 4.82. The van der Waals surface area contributed by atoms with E-state index in [1.807, 2.05) is 0 Å². The van der Waals surface area contributed by atoms with Crippen LogP contribution in [0, 0.1) is 0 Å². The van der Waals surface area contributed by atoms with E-state index in [1.165, 1.54) is 215 Å². The van der Waals surface area contributed by atoms with Gasteiger partial charge in [0.1, 0.15) is 13.1 Å². The molecule has 0 saturated carbocycles. The van der Waals surface area contributed by atoms with Crippen LogP contribution in [0.25, 0.3) is 0 Å². The lowest BCUT2D eigenvalue weighted by Gasteiger charge is -2.36. The molecule has 0 radical (unpaired) electrons. The largest absolute Gasteiger partial charge is 0.324 e. The highest BCUT2D eigenvalue weighted by Crippen LogP contribution is 2.14. The molecule has 0 heterocycles. The van der Waals surface area contributed by atoms with Crippen LogP contribution in [0.3, 0.4) is 0 Å². The molecule has 0 saturated heterocycles. The fourth-order valence-corrected chi connectivity index (χ4v) is 6.34. The van der Waals surface area contributed by atoms with Gasteiger partial charge in [0.15, 0.2) is 0 Å². The van der Waals surface area contributed by atoms with Crippen molar-refractivity contribution in [2.75, 3.05) is 54.4 Å². The summed E-state index contributed by atoms with van der Waals surface area (Å²) in [4.78, 5) is 0. The van der Waals surface area contributed by atoms with Gasteiger partial charge in [0.2, 0.25) is 0 Å². The Kier molecular flexibility index (Phi) is 31.9. The lowest BCUT2D eigenvalue weighted by Crippen LogP contribution is -2.51. The third-order valence-electron chi connectivity index (χ3n) is 9.86. The van der Waals surface area contributed by atoms with Crippen molar-refractivity contribution < 1.29 is 8.97 Å². The van der Waals surface area contributed by atoms with Crippen molar-refractivity contribution in [1.29, 1.82) is 0 Å². The number of allylic oxidation sites excluding steroid dienone is 4. The molecule has 2 nitrogen and oxygen atoms in total. The predicted molar refractivity (Wildman–Crippen MR) is 203 cm³/mol. The highest BCUT2D eigenvalue weighted by atomic mass is 15.4. The predicted octanol–water partition coefficient (Wildman–Crippen LogP) is 13.2. The Hall–Kier alpha value is -0.600. The van der Waals surface area contributed by atoms with Gasteiger partial charge in [-0.2, -0.15) is 0 Å². The summed E-state index contributed by atoms with van der Waals surface area (Å²) < 4.78 is 2.39. The number of hydrogen-bond acceptors (Lipinski definition) is 0. The summed E-state index contributed by atoms with van der Waals surface area (Å²) in [5, 5.41) is 0. The van der Waals surface area contributed by atoms with Gasteiger partial charge in [0.05, 0.1) is 41.3 Å². The lowest BCUT2D eigenvalue weighted by molar-refractivity contribution is -0.946. The van der Waals surface area contributed by atoms with Crippen molar-refractivity contribution >= 4 is 0 Å². The van der Waals surface area contributed by atoms with Gasteiger partial charge in [0, 0.05) is 0 Å². The second kappa shape index (κ2) is 32.3. The molecule has 0 aromatic carbocycles. The fraction of sp³-hybridized carbons (Fsp3) is 0.905. The molecular weight excluding hydrogens is 532 g/mol. The van der Waals surface area contributed by atoms with Crippen LogP contribution in [0.4, 0.5) is 0 Å². The fourth-order valence-electron chi connectivity index (χ4n) is 6.34. The molecule has 0 bridgehead atoms. The van der Waals surface area contributed by atoms with E-state index in [4.69, 9.17) is 0 Å². The molecule has 0 fully saturated rings. The van der Waals surface area contributed by atoms with Gasteiger partial charge in [-0.15, -0.1) is 0 Å². The molecule has 0 rings (SSSR count). The van der Waals surface area contributed by atoms with Crippen LogP contribution < -0.4 is 0 Å². The standard InChI is InChI=1S/C42H86N2/c1-7-9-11-13-15-17-19-21-23-25-27-29-31-33-35-37-39-43(3,4)41-42-44(5,6)40-38-36-34-32-30-28-26-24-22-20-18-16-14-12-10-8-2/h21-24H,7-20,25-42H2,1-6H3/q+2/b23-21-,24-22-. The van der Waals surface area contributed by atoms with Crippen LogP contribution in [0.2, 0.25) is 0 Å². The number of hydrogen-bond donors (Lipinski definition) is 0. The number of quaternary nitrogens is 2. The SMILES string of the molecule is CCCCCCCC/C=C\CCCCCCCC[N+](C)(C)CC[N+](C)(C)CCCCCCCC/C=C\CCCCCCCC. The van der Waals surface area contributed by atoms with Crippen molar-refractivity contribution in [2.45, 2.75) is 194 Å². The van der Waals surface area contributed by atoms with E-state index < -0.39 is 0 Å². The summed E-state index contributed by atoms with van der Waals surface area (Å²) in [5.41, 5.74) is 0. The van der Waals surface area contributed by atoms with Crippen LogP contribution in [0.5, 0.6) is 0 Å². The van der Waals surface area contributed by atoms with Crippen molar-refractivity contribution in [3.63, 3.8) is 0 Å². The second-order valence-corrected chi connectivity index (χ2v) is 15.6. The van der Waals surface area contributed by atoms with Crippen molar-refractivity contribution in [2.24, 2.45) is 0 Å². The topological polar surface area (TPSA) is 0 Å². The average molecular weight is 619 g/mol. The summed E-state index contributed by atoms with van der Waals surface area (Å²) in [7, 11) is 9.84. The first-order chi connectivity index (χ1) is 21.3. The molecule has 44 heavy (non-hydrogen) atoms. The second-order valence-electron chi connectivity index (χ2n) is 15.6. The quantitative estimate of drug-likeness (QED) is 0.0376. The summed E-state index contributed by atoms with van der Waals surface area (Å²) >= 11 is 0. The van der Waals surface area contributed by atoms with E-state index >= 15 is 0 Å². The van der Waals surface area contributed by atoms with Gasteiger partial charge in [-0.25, -0.2) is 0 Å². The molecule has 0 unspecified atom stereocenters. The molecule has 0 atom stereocenters. The molecular formula is C42H86N2+2. The summed E-state index contributed by atoms with van der Waals surface area (Å²) in [6.07, 6.45) is 48.9. The number of rotatable bonds is 35. The minimum atomic E-state index is 1.19. The lowest BCUT2D eigenvalue weighted by atomic mass is 10.1. The highest BCUT2D eigenvalue weighted by Gasteiger charge is 2.22. The van der Waals surface area contributed by atoms with Gasteiger partial charge in [-0.05, 0) is 77.0 Å². The smallest absolute Gasteiger partial charge is 0.128 e. The molecule has 0 spiro atoms. The normalized spacial score (nSPS) is 12.8. The Labute approximate surface area is 280 Å². The molecule has 0 amide bonds. The molecule has 2 heteroatoms. The van der Waals surface area contributed by atoms with Crippen molar-refractivity contribution in [1.82, 2.24) is 0 Å². The number of likely N-dealkylation sites (N-methyl/N-ethyl adjacent to an activating group) is 2. The first-order valence-electron chi connectivity index (χ1n) is 20.3. The van der Waals surface area contributed by atoms with E-state index in [-0.39, 0.29) is 0 Å². The monoisotopic (exact) mass is 619 g/mol. The van der Waals surface area contributed by atoms with Gasteiger partial charge >= 0.3 is 0 Å². The van der Waals surface area contributed by atoms with Crippen molar-refractivity contribution in [3.8, 4) is 0 Å². The van der Waals surface area contributed by atoms with E-state index in [0.717, 1.165) is 0 Å². The summed E-state index contributed by atoms with van der Waals surface area (Å²) in [6, 6.07) is 0. The third-order valence-corrected chi connectivity index (χ3v) is 9.86.